The third-order valence-electron chi connectivity index (χ3n) is 6.33. The molecule has 158 valence electrons. The summed E-state index contributed by atoms with van der Waals surface area (Å²) in [5, 5.41) is 0. The first-order chi connectivity index (χ1) is 14.4. The SMILES string of the molecule is CN1Cc2c(ccc3c2OCO3)C2C1c1cc3c(cc1C[C@@H]2OS(C)(=O)=O)OCO3. The second-order valence-electron chi connectivity index (χ2n) is 8.20. The third-order valence-corrected chi connectivity index (χ3v) is 6.93. The van der Waals surface area contributed by atoms with Gasteiger partial charge in [0.15, 0.2) is 23.0 Å². The third kappa shape index (κ3) is 2.69. The molecule has 0 fully saturated rings. The summed E-state index contributed by atoms with van der Waals surface area (Å²) < 4.78 is 52.4. The quantitative estimate of drug-likeness (QED) is 0.670. The predicted octanol–water partition coefficient (Wildman–Crippen LogP) is 2.32. The van der Waals surface area contributed by atoms with E-state index in [0.29, 0.717) is 18.7 Å². The van der Waals surface area contributed by atoms with E-state index in [0.717, 1.165) is 45.8 Å². The van der Waals surface area contributed by atoms with E-state index >= 15 is 0 Å². The van der Waals surface area contributed by atoms with Crippen LogP contribution in [-0.4, -0.2) is 46.3 Å². The van der Waals surface area contributed by atoms with Crippen molar-refractivity contribution in [3.63, 3.8) is 0 Å². The average Bonchev–Trinajstić information content (AvgIpc) is 3.33. The Morgan fingerprint density at radius 3 is 2.53 bits per heavy atom. The zero-order valence-corrected chi connectivity index (χ0v) is 17.4. The Hall–Kier alpha value is -2.49. The highest BCUT2D eigenvalue weighted by Crippen LogP contribution is 2.54. The number of benzene rings is 2. The average molecular weight is 431 g/mol. The summed E-state index contributed by atoms with van der Waals surface area (Å²) in [5.74, 6) is 2.69. The molecular formula is C21H21NO7S. The Balaban J connectivity index is 1.54. The predicted molar refractivity (Wildman–Crippen MR) is 105 cm³/mol. The van der Waals surface area contributed by atoms with Crippen molar-refractivity contribution in [2.45, 2.75) is 31.0 Å². The van der Waals surface area contributed by atoms with E-state index in [1.807, 2.05) is 31.3 Å². The van der Waals surface area contributed by atoms with Crippen LogP contribution in [0.3, 0.4) is 0 Å². The maximum atomic E-state index is 12.1. The van der Waals surface area contributed by atoms with Crippen LogP contribution in [0.5, 0.6) is 23.0 Å². The molecule has 0 saturated heterocycles. The lowest BCUT2D eigenvalue weighted by molar-refractivity contribution is 0.0790. The normalized spacial score (nSPS) is 26.1. The lowest BCUT2D eigenvalue weighted by atomic mass is 9.70. The summed E-state index contributed by atoms with van der Waals surface area (Å²) in [7, 11) is -1.62. The highest BCUT2D eigenvalue weighted by atomic mass is 32.2. The molecule has 6 rings (SSSR count). The Labute approximate surface area is 174 Å². The molecule has 0 amide bonds. The van der Waals surface area contributed by atoms with Gasteiger partial charge in [-0.05, 0) is 41.9 Å². The van der Waals surface area contributed by atoms with Crippen molar-refractivity contribution in [2.75, 3.05) is 26.9 Å². The second kappa shape index (κ2) is 6.26. The van der Waals surface area contributed by atoms with Gasteiger partial charge in [0.2, 0.25) is 13.6 Å². The number of hydrogen-bond donors (Lipinski definition) is 0. The summed E-state index contributed by atoms with van der Waals surface area (Å²) in [6.45, 7) is 1.04. The molecule has 3 atom stereocenters. The van der Waals surface area contributed by atoms with Crippen LogP contribution in [0.15, 0.2) is 24.3 Å². The molecule has 0 saturated carbocycles. The number of rotatable bonds is 2. The standard InChI is InChI=1S/C21H21NO7S/c1-22-8-14-12(3-4-15-21(14)28-10-25-15)19-18(29-30(2,23)24)6-11-5-16-17(27-9-26-16)7-13(11)20(19)22/h3-5,7,18-20H,6,8-10H2,1-2H3/t18-,19?,20?/m0/s1. The van der Waals surface area contributed by atoms with Crippen molar-refractivity contribution < 1.29 is 31.5 Å². The van der Waals surface area contributed by atoms with Gasteiger partial charge in [-0.25, -0.2) is 0 Å². The Kier molecular flexibility index (Phi) is 3.82. The van der Waals surface area contributed by atoms with Crippen molar-refractivity contribution in [3.8, 4) is 23.0 Å². The first-order valence-electron chi connectivity index (χ1n) is 9.81. The first kappa shape index (κ1) is 18.3. The van der Waals surface area contributed by atoms with Crippen molar-refractivity contribution in [3.05, 3.63) is 46.5 Å². The monoisotopic (exact) mass is 431 g/mol. The number of likely N-dealkylation sites (N-methyl/N-ethyl adjacent to an activating group) is 1. The van der Waals surface area contributed by atoms with Crippen LogP contribution in [0.25, 0.3) is 0 Å². The molecule has 0 spiro atoms. The van der Waals surface area contributed by atoms with Crippen LogP contribution in [0.2, 0.25) is 0 Å². The molecule has 1 aliphatic carbocycles. The van der Waals surface area contributed by atoms with E-state index < -0.39 is 16.2 Å². The number of nitrogens with zero attached hydrogens (tertiary/aromatic N) is 1. The topological polar surface area (TPSA) is 83.5 Å². The van der Waals surface area contributed by atoms with Crippen molar-refractivity contribution in [1.82, 2.24) is 4.90 Å². The van der Waals surface area contributed by atoms with Crippen LogP contribution >= 0.6 is 0 Å². The second-order valence-corrected chi connectivity index (χ2v) is 9.80. The van der Waals surface area contributed by atoms with Crippen LogP contribution in [-0.2, 0) is 27.3 Å². The number of hydrogen-bond acceptors (Lipinski definition) is 8. The summed E-state index contributed by atoms with van der Waals surface area (Å²) in [6.07, 6.45) is 1.02. The lowest BCUT2D eigenvalue weighted by Gasteiger charge is -2.47. The highest BCUT2D eigenvalue weighted by molar-refractivity contribution is 7.86. The zero-order valence-electron chi connectivity index (χ0n) is 16.6. The van der Waals surface area contributed by atoms with Gasteiger partial charge in [0.1, 0.15) is 0 Å². The molecule has 0 radical (unpaired) electrons. The molecule has 4 aliphatic rings. The fourth-order valence-electron chi connectivity index (χ4n) is 5.26. The molecule has 2 aromatic carbocycles. The Morgan fingerprint density at radius 2 is 1.73 bits per heavy atom. The molecule has 30 heavy (non-hydrogen) atoms. The van der Waals surface area contributed by atoms with Gasteiger partial charge in [0, 0.05) is 30.5 Å². The van der Waals surface area contributed by atoms with E-state index in [2.05, 4.69) is 4.90 Å². The summed E-state index contributed by atoms with van der Waals surface area (Å²) in [5.41, 5.74) is 4.20. The fraction of sp³-hybridized carbons (Fsp3) is 0.429. The first-order valence-corrected chi connectivity index (χ1v) is 11.6. The molecular weight excluding hydrogens is 410 g/mol. The van der Waals surface area contributed by atoms with Gasteiger partial charge < -0.3 is 18.9 Å². The minimum absolute atomic E-state index is 0.0668. The molecule has 0 N–H and O–H groups in total. The van der Waals surface area contributed by atoms with E-state index in [9.17, 15) is 8.42 Å². The van der Waals surface area contributed by atoms with E-state index in [4.69, 9.17) is 23.1 Å². The van der Waals surface area contributed by atoms with E-state index in [1.165, 1.54) is 0 Å². The number of fused-ring (bicyclic) bond motifs is 8. The van der Waals surface area contributed by atoms with Crippen molar-refractivity contribution in [1.29, 1.82) is 0 Å². The summed E-state index contributed by atoms with van der Waals surface area (Å²) >= 11 is 0. The van der Waals surface area contributed by atoms with E-state index in [-0.39, 0.29) is 25.5 Å². The van der Waals surface area contributed by atoms with Crippen LogP contribution in [0.1, 0.15) is 34.2 Å². The summed E-state index contributed by atoms with van der Waals surface area (Å²) in [4.78, 5) is 2.22. The van der Waals surface area contributed by atoms with Gasteiger partial charge in [-0.15, -0.1) is 0 Å². The highest BCUT2D eigenvalue weighted by Gasteiger charge is 2.47. The maximum Gasteiger partial charge on any atom is 0.264 e. The molecule has 0 aromatic heterocycles. The summed E-state index contributed by atoms with van der Waals surface area (Å²) in [6, 6.07) is 7.83. The Morgan fingerprint density at radius 1 is 1.00 bits per heavy atom. The van der Waals surface area contributed by atoms with Gasteiger partial charge in [-0.1, -0.05) is 6.07 Å². The molecule has 9 heteroatoms. The maximum absolute atomic E-state index is 12.1. The smallest absolute Gasteiger partial charge is 0.264 e. The van der Waals surface area contributed by atoms with Gasteiger partial charge in [0.25, 0.3) is 10.1 Å². The van der Waals surface area contributed by atoms with Gasteiger partial charge in [0.05, 0.1) is 12.4 Å². The zero-order chi connectivity index (χ0) is 20.6. The van der Waals surface area contributed by atoms with Gasteiger partial charge >= 0.3 is 0 Å². The molecule has 2 unspecified atom stereocenters. The van der Waals surface area contributed by atoms with Crippen molar-refractivity contribution in [2.24, 2.45) is 0 Å². The largest absolute Gasteiger partial charge is 0.454 e. The van der Waals surface area contributed by atoms with Crippen LogP contribution < -0.4 is 18.9 Å². The molecule has 3 heterocycles. The van der Waals surface area contributed by atoms with Crippen LogP contribution in [0.4, 0.5) is 0 Å². The molecule has 8 nitrogen and oxygen atoms in total. The lowest BCUT2D eigenvalue weighted by Crippen LogP contribution is -2.45. The minimum Gasteiger partial charge on any atom is -0.454 e. The molecule has 2 aromatic rings. The minimum atomic E-state index is -3.65. The van der Waals surface area contributed by atoms with Gasteiger partial charge in [-0.3, -0.25) is 9.08 Å². The molecule has 0 bridgehead atoms. The van der Waals surface area contributed by atoms with E-state index in [1.54, 1.807) is 0 Å². The van der Waals surface area contributed by atoms with Gasteiger partial charge in [-0.2, -0.15) is 8.42 Å². The fourth-order valence-corrected chi connectivity index (χ4v) is 5.90. The Bertz CT molecular complexity index is 1160. The van der Waals surface area contributed by atoms with Crippen molar-refractivity contribution >= 4 is 10.1 Å². The number of ether oxygens (including phenoxy) is 4. The van der Waals surface area contributed by atoms with Crippen LogP contribution in [0, 0.1) is 0 Å². The molecule has 3 aliphatic heterocycles.